The topological polar surface area (TPSA) is 61.4 Å². The molecule has 1 aliphatic rings. The fraction of sp³-hybridized carbons (Fsp3) is 0.258. The molecule has 5 rings (SSSR count). The maximum atomic E-state index is 14.5. The van der Waals surface area contributed by atoms with E-state index >= 15 is 0 Å². The number of hydrogen-bond donors (Lipinski definition) is 1. The number of piperazine rings is 1. The van der Waals surface area contributed by atoms with E-state index in [-0.39, 0.29) is 28.9 Å². The number of alkyl halides is 3. The van der Waals surface area contributed by atoms with Gasteiger partial charge >= 0.3 is 6.18 Å². The molecule has 0 atom stereocenters. The molecule has 2 aromatic carbocycles. The Labute approximate surface area is 235 Å². The van der Waals surface area contributed by atoms with Crippen LogP contribution in [0, 0.1) is 17.7 Å². The molecule has 6 nitrogen and oxygen atoms in total. The number of carbonyl (C=O) groups is 1. The molecule has 1 N–H and O–H groups in total. The average molecular weight is 562 g/mol. The quantitative estimate of drug-likeness (QED) is 0.255. The number of amides is 1. The molecule has 10 heteroatoms. The molecule has 1 amide bonds. The molecule has 210 valence electrons. The van der Waals surface area contributed by atoms with Crippen LogP contribution in [0.3, 0.4) is 0 Å². The van der Waals surface area contributed by atoms with Crippen LogP contribution in [-0.4, -0.2) is 58.4 Å². The number of carbonyl (C=O) groups excluding carboxylic acids is 1. The summed E-state index contributed by atoms with van der Waals surface area (Å²) < 4.78 is 56.5. The first-order chi connectivity index (χ1) is 19.7. The summed E-state index contributed by atoms with van der Waals surface area (Å²) in [5.74, 6) is 4.25. The van der Waals surface area contributed by atoms with E-state index < -0.39 is 23.5 Å². The molecule has 41 heavy (non-hydrogen) atoms. The lowest BCUT2D eigenvalue weighted by Gasteiger charge is -2.34. The normalized spacial score (nSPS) is 14.5. The number of hydrogen-bond acceptors (Lipinski definition) is 5. The molecular formula is C31H27F4N5O. The van der Waals surface area contributed by atoms with Crippen molar-refractivity contribution in [1.29, 1.82) is 0 Å². The van der Waals surface area contributed by atoms with Crippen molar-refractivity contribution in [2.24, 2.45) is 0 Å². The molecule has 1 fully saturated rings. The van der Waals surface area contributed by atoms with Crippen molar-refractivity contribution in [2.45, 2.75) is 19.6 Å². The molecule has 0 radical (unpaired) electrons. The minimum Gasteiger partial charge on any atom is -0.322 e. The Balaban J connectivity index is 1.35. The number of benzene rings is 2. The van der Waals surface area contributed by atoms with Gasteiger partial charge in [0.1, 0.15) is 5.82 Å². The highest BCUT2D eigenvalue weighted by atomic mass is 19.4. The van der Waals surface area contributed by atoms with Crippen molar-refractivity contribution in [3.05, 3.63) is 101 Å². The van der Waals surface area contributed by atoms with E-state index in [0.29, 0.717) is 24.2 Å². The molecule has 0 bridgehead atoms. The van der Waals surface area contributed by atoms with E-state index in [1.165, 1.54) is 30.5 Å². The first kappa shape index (κ1) is 28.2. The number of fused-ring (bicyclic) bond motifs is 1. The summed E-state index contributed by atoms with van der Waals surface area (Å²) in [5.41, 5.74) is 0.456. The van der Waals surface area contributed by atoms with Gasteiger partial charge in [0.05, 0.1) is 22.2 Å². The molecule has 0 spiro atoms. The largest absolute Gasteiger partial charge is 0.416 e. The van der Waals surface area contributed by atoms with Crippen LogP contribution in [0.2, 0.25) is 0 Å². The lowest BCUT2D eigenvalue weighted by Crippen LogP contribution is -2.45. The molecule has 0 saturated carbocycles. The van der Waals surface area contributed by atoms with Crippen LogP contribution in [0.4, 0.5) is 23.2 Å². The highest BCUT2D eigenvalue weighted by Gasteiger charge is 2.34. The number of nitrogens with one attached hydrogen (secondary N) is 1. The first-order valence-electron chi connectivity index (χ1n) is 13.2. The number of aromatic nitrogens is 2. The highest BCUT2D eigenvalue weighted by Crippen LogP contribution is 2.35. The minimum absolute atomic E-state index is 0.00765. The monoisotopic (exact) mass is 561 g/mol. The zero-order valence-corrected chi connectivity index (χ0v) is 22.3. The van der Waals surface area contributed by atoms with Gasteiger partial charge in [0.2, 0.25) is 0 Å². The van der Waals surface area contributed by atoms with Gasteiger partial charge in [0, 0.05) is 68.0 Å². The maximum absolute atomic E-state index is 14.5. The maximum Gasteiger partial charge on any atom is 0.416 e. The summed E-state index contributed by atoms with van der Waals surface area (Å²) in [5, 5.41) is 3.28. The lowest BCUT2D eigenvalue weighted by molar-refractivity contribution is -0.138. The Morgan fingerprint density at radius 3 is 2.49 bits per heavy atom. The fourth-order valence-electron chi connectivity index (χ4n) is 4.75. The van der Waals surface area contributed by atoms with Gasteiger partial charge in [-0.2, -0.15) is 13.2 Å². The number of halogens is 4. The molecule has 0 unspecified atom stereocenters. The molecule has 2 aromatic heterocycles. The Bertz CT molecular complexity index is 1630. The van der Waals surface area contributed by atoms with E-state index in [9.17, 15) is 22.4 Å². The van der Waals surface area contributed by atoms with Crippen LogP contribution in [-0.2, 0) is 12.7 Å². The van der Waals surface area contributed by atoms with Crippen molar-refractivity contribution in [3.63, 3.8) is 0 Å². The van der Waals surface area contributed by atoms with Crippen molar-refractivity contribution in [1.82, 2.24) is 19.8 Å². The number of anilines is 1. The Kier molecular flexibility index (Phi) is 8.28. The molecule has 0 aliphatic carbocycles. The van der Waals surface area contributed by atoms with Crippen LogP contribution < -0.4 is 5.32 Å². The fourth-order valence-corrected chi connectivity index (χ4v) is 4.75. The van der Waals surface area contributed by atoms with Gasteiger partial charge in [0.25, 0.3) is 5.91 Å². The Morgan fingerprint density at radius 1 is 0.976 bits per heavy atom. The Morgan fingerprint density at radius 2 is 1.73 bits per heavy atom. The van der Waals surface area contributed by atoms with Gasteiger partial charge in [-0.15, -0.1) is 0 Å². The van der Waals surface area contributed by atoms with Crippen molar-refractivity contribution in [3.8, 4) is 11.8 Å². The van der Waals surface area contributed by atoms with Crippen LogP contribution in [0.25, 0.3) is 10.9 Å². The standard InChI is InChI=1S/C31H27F4N5O/c1-2-39-12-14-40(15-13-39)20-25-7-9-26(17-27(25)31(33,34)35)38-30(41)22-8-10-28(32)21(16-22)5-6-24-19-36-18-23-4-3-11-37-29(23)24/h3-4,7-11,16-19H,2,12-15,20H2,1H3,(H,38,41). The van der Waals surface area contributed by atoms with E-state index in [1.807, 2.05) is 11.0 Å². The van der Waals surface area contributed by atoms with Gasteiger partial charge < -0.3 is 10.2 Å². The number of likely N-dealkylation sites (N-methyl/N-ethyl adjacent to an activating group) is 1. The van der Waals surface area contributed by atoms with E-state index in [1.54, 1.807) is 18.5 Å². The molecule has 3 heterocycles. The summed E-state index contributed by atoms with van der Waals surface area (Å²) >= 11 is 0. The minimum atomic E-state index is -4.59. The van der Waals surface area contributed by atoms with Crippen molar-refractivity contribution >= 4 is 22.5 Å². The van der Waals surface area contributed by atoms with E-state index in [2.05, 4.69) is 38.9 Å². The first-order valence-corrected chi connectivity index (χ1v) is 13.2. The second kappa shape index (κ2) is 12.0. The average Bonchev–Trinajstić information content (AvgIpc) is 2.97. The summed E-state index contributed by atoms with van der Waals surface area (Å²) in [4.78, 5) is 25.6. The third kappa shape index (κ3) is 6.70. The summed E-state index contributed by atoms with van der Waals surface area (Å²) in [7, 11) is 0. The SMILES string of the molecule is CCN1CCN(Cc2ccc(NC(=O)c3ccc(F)c(C#Cc4cncc5cccnc45)c3)cc2C(F)(F)F)CC1. The third-order valence-corrected chi connectivity index (χ3v) is 7.05. The molecule has 4 aromatic rings. The number of rotatable bonds is 5. The van der Waals surface area contributed by atoms with Gasteiger partial charge in [0.15, 0.2) is 0 Å². The van der Waals surface area contributed by atoms with Gasteiger partial charge in [-0.25, -0.2) is 4.39 Å². The van der Waals surface area contributed by atoms with Crippen LogP contribution in [0.5, 0.6) is 0 Å². The van der Waals surface area contributed by atoms with Gasteiger partial charge in [-0.05, 0) is 54.6 Å². The Hall–Kier alpha value is -4.33. The van der Waals surface area contributed by atoms with Crippen LogP contribution in [0.1, 0.15) is 39.5 Å². The highest BCUT2D eigenvalue weighted by molar-refractivity contribution is 6.04. The summed E-state index contributed by atoms with van der Waals surface area (Å²) in [6.07, 6.45) is 0.182. The van der Waals surface area contributed by atoms with Gasteiger partial charge in [-0.1, -0.05) is 24.8 Å². The second-order valence-corrected chi connectivity index (χ2v) is 9.74. The van der Waals surface area contributed by atoms with Crippen LogP contribution >= 0.6 is 0 Å². The molecular weight excluding hydrogens is 534 g/mol. The van der Waals surface area contributed by atoms with Crippen molar-refractivity contribution in [2.75, 3.05) is 38.0 Å². The summed E-state index contributed by atoms with van der Waals surface area (Å²) in [6, 6.07) is 11.0. The molecule has 1 saturated heterocycles. The number of pyridine rings is 2. The zero-order chi connectivity index (χ0) is 29.0. The second-order valence-electron chi connectivity index (χ2n) is 9.74. The third-order valence-electron chi connectivity index (χ3n) is 7.05. The lowest BCUT2D eigenvalue weighted by atomic mass is 10.0. The predicted octanol–water partition coefficient (Wildman–Crippen LogP) is 5.58. The van der Waals surface area contributed by atoms with E-state index in [0.717, 1.165) is 37.2 Å². The van der Waals surface area contributed by atoms with E-state index in [4.69, 9.17) is 0 Å². The predicted molar refractivity (Wildman–Crippen MR) is 149 cm³/mol. The number of nitrogens with zero attached hydrogens (tertiary/aromatic N) is 4. The van der Waals surface area contributed by atoms with Gasteiger partial charge in [-0.3, -0.25) is 19.7 Å². The zero-order valence-electron chi connectivity index (χ0n) is 22.3. The molecule has 1 aliphatic heterocycles. The smallest absolute Gasteiger partial charge is 0.322 e. The van der Waals surface area contributed by atoms with Crippen molar-refractivity contribution < 1.29 is 22.4 Å². The van der Waals surface area contributed by atoms with Crippen LogP contribution in [0.15, 0.2) is 67.1 Å². The summed E-state index contributed by atoms with van der Waals surface area (Å²) in [6.45, 7) is 6.14.